The largest absolute Gasteiger partial charge is 0.494 e. The van der Waals surface area contributed by atoms with Gasteiger partial charge in [0.2, 0.25) is 5.78 Å². The summed E-state index contributed by atoms with van der Waals surface area (Å²) in [5, 5.41) is 3.02. The third-order valence-corrected chi connectivity index (χ3v) is 3.19. The van der Waals surface area contributed by atoms with Crippen molar-refractivity contribution in [2.45, 2.75) is 13.3 Å². The molecule has 0 saturated carbocycles. The maximum atomic E-state index is 5.67. The van der Waals surface area contributed by atoms with Gasteiger partial charge < -0.3 is 10.1 Å². The van der Waals surface area contributed by atoms with Crippen LogP contribution in [0.2, 0.25) is 0 Å². The van der Waals surface area contributed by atoms with E-state index in [0.717, 1.165) is 35.9 Å². The van der Waals surface area contributed by atoms with E-state index in [4.69, 9.17) is 4.74 Å². The molecule has 1 aromatic carbocycles. The molecule has 0 radical (unpaired) electrons. The van der Waals surface area contributed by atoms with E-state index in [1.165, 1.54) is 0 Å². The molecule has 5 heteroatoms. The molecule has 0 fully saturated rings. The van der Waals surface area contributed by atoms with E-state index >= 15 is 0 Å². The lowest BCUT2D eigenvalue weighted by molar-refractivity contribution is 0.317. The van der Waals surface area contributed by atoms with Crippen molar-refractivity contribution in [3.63, 3.8) is 0 Å². The predicted octanol–water partition coefficient (Wildman–Crippen LogP) is 3.23. The zero-order valence-corrected chi connectivity index (χ0v) is 12.2. The van der Waals surface area contributed by atoms with E-state index < -0.39 is 0 Å². The van der Waals surface area contributed by atoms with Gasteiger partial charge in [0.05, 0.1) is 12.3 Å². The molecule has 0 aliphatic rings. The zero-order valence-electron chi connectivity index (χ0n) is 12.2. The minimum Gasteiger partial charge on any atom is -0.494 e. The predicted molar refractivity (Wildman–Crippen MR) is 83.8 cm³/mol. The normalized spacial score (nSPS) is 10.8. The number of imidazole rings is 1. The summed E-state index contributed by atoms with van der Waals surface area (Å²) in [4.78, 5) is 8.99. The Morgan fingerprint density at radius 1 is 1.24 bits per heavy atom. The molecule has 1 N–H and O–H groups in total. The van der Waals surface area contributed by atoms with Crippen LogP contribution in [0.15, 0.2) is 42.7 Å². The van der Waals surface area contributed by atoms with E-state index in [9.17, 15) is 0 Å². The van der Waals surface area contributed by atoms with Crippen LogP contribution in [0.3, 0.4) is 0 Å². The van der Waals surface area contributed by atoms with Crippen molar-refractivity contribution in [2.75, 3.05) is 19.0 Å². The SMILES string of the molecule is CCCOc1cccc(-c2cn3ccc(NC)nc3n2)c1. The lowest BCUT2D eigenvalue weighted by Crippen LogP contribution is -1.95. The number of hydrogen-bond acceptors (Lipinski definition) is 4. The maximum absolute atomic E-state index is 5.67. The van der Waals surface area contributed by atoms with Crippen molar-refractivity contribution in [1.82, 2.24) is 14.4 Å². The number of rotatable bonds is 5. The van der Waals surface area contributed by atoms with Crippen LogP contribution in [0.25, 0.3) is 17.0 Å². The molecule has 0 saturated heterocycles. The number of anilines is 1. The summed E-state index contributed by atoms with van der Waals surface area (Å²) in [6.07, 6.45) is 4.91. The van der Waals surface area contributed by atoms with E-state index in [-0.39, 0.29) is 0 Å². The van der Waals surface area contributed by atoms with Gasteiger partial charge in [-0.3, -0.25) is 4.40 Å². The van der Waals surface area contributed by atoms with Gasteiger partial charge in [-0.15, -0.1) is 0 Å². The molecule has 0 aliphatic carbocycles. The van der Waals surface area contributed by atoms with Gasteiger partial charge in [0.25, 0.3) is 0 Å². The molecule has 0 aliphatic heterocycles. The Morgan fingerprint density at radius 3 is 2.95 bits per heavy atom. The third kappa shape index (κ3) is 2.81. The summed E-state index contributed by atoms with van der Waals surface area (Å²) in [5.41, 5.74) is 1.91. The highest BCUT2D eigenvalue weighted by Crippen LogP contribution is 2.23. The second-order valence-electron chi connectivity index (χ2n) is 4.77. The summed E-state index contributed by atoms with van der Waals surface area (Å²) in [6, 6.07) is 9.90. The molecular weight excluding hydrogens is 264 g/mol. The molecule has 108 valence electrons. The molecule has 21 heavy (non-hydrogen) atoms. The standard InChI is InChI=1S/C16H18N4O/c1-3-9-21-13-6-4-5-12(10-13)14-11-20-8-7-15(17-2)19-16(20)18-14/h4-8,10-11H,3,9H2,1-2H3,(H,17,18,19). The molecule has 2 heterocycles. The smallest absolute Gasteiger partial charge is 0.236 e. The first-order valence-electron chi connectivity index (χ1n) is 7.07. The van der Waals surface area contributed by atoms with E-state index in [2.05, 4.69) is 22.2 Å². The Hall–Kier alpha value is -2.56. The van der Waals surface area contributed by atoms with Gasteiger partial charge in [-0.25, -0.2) is 4.98 Å². The van der Waals surface area contributed by atoms with Gasteiger partial charge in [0, 0.05) is 25.0 Å². The molecule has 2 aromatic heterocycles. The second-order valence-corrected chi connectivity index (χ2v) is 4.77. The lowest BCUT2D eigenvalue weighted by Gasteiger charge is -2.05. The molecule has 0 atom stereocenters. The Morgan fingerprint density at radius 2 is 2.14 bits per heavy atom. The molecule has 3 rings (SSSR count). The van der Waals surface area contributed by atoms with Crippen LogP contribution >= 0.6 is 0 Å². The minimum absolute atomic E-state index is 0.678. The van der Waals surface area contributed by atoms with Crippen LogP contribution in [0.4, 0.5) is 5.82 Å². The summed E-state index contributed by atoms with van der Waals surface area (Å²) in [6.45, 7) is 2.82. The maximum Gasteiger partial charge on any atom is 0.236 e. The van der Waals surface area contributed by atoms with Crippen LogP contribution in [0.1, 0.15) is 13.3 Å². The first kappa shape index (κ1) is 13.4. The average Bonchev–Trinajstić information content (AvgIpc) is 2.96. The highest BCUT2D eigenvalue weighted by molar-refractivity contribution is 5.63. The highest BCUT2D eigenvalue weighted by Gasteiger charge is 2.07. The number of ether oxygens (including phenoxy) is 1. The highest BCUT2D eigenvalue weighted by atomic mass is 16.5. The number of nitrogens with zero attached hydrogens (tertiary/aromatic N) is 3. The van der Waals surface area contributed by atoms with Gasteiger partial charge in [0.1, 0.15) is 11.6 Å². The molecule has 0 amide bonds. The third-order valence-electron chi connectivity index (χ3n) is 3.19. The van der Waals surface area contributed by atoms with Gasteiger partial charge in [0.15, 0.2) is 0 Å². The van der Waals surface area contributed by atoms with Crippen LogP contribution in [-0.4, -0.2) is 28.0 Å². The fourth-order valence-electron chi connectivity index (χ4n) is 2.12. The second kappa shape index (κ2) is 5.83. The first-order chi connectivity index (χ1) is 10.3. The van der Waals surface area contributed by atoms with Gasteiger partial charge in [-0.1, -0.05) is 19.1 Å². The molecule has 3 aromatic rings. The van der Waals surface area contributed by atoms with Crippen molar-refractivity contribution in [2.24, 2.45) is 0 Å². The molecule has 0 spiro atoms. The number of benzene rings is 1. The molecule has 5 nitrogen and oxygen atoms in total. The van der Waals surface area contributed by atoms with E-state index in [1.807, 2.05) is 54.2 Å². The number of hydrogen-bond donors (Lipinski definition) is 1. The zero-order chi connectivity index (χ0) is 14.7. The number of fused-ring (bicyclic) bond motifs is 1. The van der Waals surface area contributed by atoms with E-state index in [1.54, 1.807) is 0 Å². The van der Waals surface area contributed by atoms with Gasteiger partial charge in [-0.2, -0.15) is 4.98 Å². The first-order valence-corrected chi connectivity index (χ1v) is 7.07. The lowest BCUT2D eigenvalue weighted by atomic mass is 10.1. The topological polar surface area (TPSA) is 51.5 Å². The Bertz CT molecular complexity index is 751. The van der Waals surface area contributed by atoms with Crippen molar-refractivity contribution < 1.29 is 4.74 Å². The Balaban J connectivity index is 1.96. The van der Waals surface area contributed by atoms with Crippen molar-refractivity contribution >= 4 is 11.6 Å². The fourth-order valence-corrected chi connectivity index (χ4v) is 2.12. The average molecular weight is 282 g/mol. The summed E-state index contributed by atoms with van der Waals surface area (Å²) >= 11 is 0. The van der Waals surface area contributed by atoms with Crippen molar-refractivity contribution in [3.8, 4) is 17.0 Å². The Labute approximate surface area is 123 Å². The quantitative estimate of drug-likeness (QED) is 0.780. The summed E-state index contributed by atoms with van der Waals surface area (Å²) in [7, 11) is 1.84. The Kier molecular flexibility index (Phi) is 3.73. The van der Waals surface area contributed by atoms with Gasteiger partial charge in [-0.05, 0) is 24.6 Å². The number of aromatic nitrogens is 3. The minimum atomic E-state index is 0.678. The van der Waals surface area contributed by atoms with E-state index in [0.29, 0.717) is 5.78 Å². The van der Waals surface area contributed by atoms with Crippen LogP contribution < -0.4 is 10.1 Å². The number of nitrogens with one attached hydrogen (secondary N) is 1. The van der Waals surface area contributed by atoms with Gasteiger partial charge >= 0.3 is 0 Å². The summed E-state index contributed by atoms with van der Waals surface area (Å²) in [5.74, 6) is 2.35. The molecular formula is C16H18N4O. The van der Waals surface area contributed by atoms with Crippen molar-refractivity contribution in [1.29, 1.82) is 0 Å². The summed E-state index contributed by atoms with van der Waals surface area (Å²) < 4.78 is 7.58. The van der Waals surface area contributed by atoms with Crippen molar-refractivity contribution in [3.05, 3.63) is 42.7 Å². The molecule has 0 unspecified atom stereocenters. The molecule has 0 bridgehead atoms. The fraction of sp³-hybridized carbons (Fsp3) is 0.250. The van der Waals surface area contributed by atoms with Crippen LogP contribution in [0, 0.1) is 0 Å². The van der Waals surface area contributed by atoms with Crippen LogP contribution in [-0.2, 0) is 0 Å². The van der Waals surface area contributed by atoms with Crippen LogP contribution in [0.5, 0.6) is 5.75 Å². The monoisotopic (exact) mass is 282 g/mol.